The molecular weight excluding hydrogens is 941 g/mol. The van der Waals surface area contributed by atoms with E-state index >= 15 is 0 Å². The molecule has 3 aliphatic heterocycles. The molecule has 3 saturated heterocycles. The van der Waals surface area contributed by atoms with Gasteiger partial charge in [0.15, 0.2) is 9.84 Å². The number of nitro groups is 2. The number of ether oxygens (including phenoxy) is 7. The third-order valence-electron chi connectivity index (χ3n) is 13.2. The Hall–Kier alpha value is -5.86. The number of esters is 3. The Morgan fingerprint density at radius 1 is 0.789 bits per heavy atom. The quantitative estimate of drug-likeness (QED) is 0.0228. The molecule has 3 heterocycles. The van der Waals surface area contributed by atoms with Gasteiger partial charge >= 0.3 is 17.9 Å². The average Bonchev–Trinajstić information content (AvgIpc) is 3.86. The van der Waals surface area contributed by atoms with E-state index in [2.05, 4.69) is 20.1 Å². The first-order valence-corrected chi connectivity index (χ1v) is 25.5. The van der Waals surface area contributed by atoms with Crippen molar-refractivity contribution in [3.63, 3.8) is 0 Å². The highest BCUT2D eigenvalue weighted by Gasteiger charge is 2.49. The number of non-ortho nitro benzene ring substituents is 2. The highest BCUT2D eigenvalue weighted by atomic mass is 32.2. The van der Waals surface area contributed by atoms with Crippen molar-refractivity contribution in [2.75, 3.05) is 26.1 Å². The third kappa shape index (κ3) is 14.6. The molecule has 3 aromatic carbocycles. The first-order chi connectivity index (χ1) is 33.6. The third-order valence-corrected chi connectivity index (χ3v) is 15.0. The van der Waals surface area contributed by atoms with Crippen molar-refractivity contribution in [1.82, 2.24) is 0 Å². The van der Waals surface area contributed by atoms with E-state index < -0.39 is 80.1 Å². The molecule has 0 amide bonds. The molecule has 19 heteroatoms. The lowest BCUT2D eigenvalue weighted by atomic mass is 9.83. The summed E-state index contributed by atoms with van der Waals surface area (Å²) >= 11 is 0. The second kappa shape index (κ2) is 24.0. The zero-order valence-corrected chi connectivity index (χ0v) is 41.6. The predicted molar refractivity (Wildman–Crippen MR) is 259 cm³/mol. The summed E-state index contributed by atoms with van der Waals surface area (Å²) in [6.07, 6.45) is -0.535. The van der Waals surface area contributed by atoms with Crippen LogP contribution in [0.2, 0.25) is 0 Å². The number of carbonyl (C=O) groups is 3. The summed E-state index contributed by atoms with van der Waals surface area (Å²) in [5, 5.41) is 22.5. The Morgan fingerprint density at radius 2 is 1.39 bits per heavy atom. The summed E-state index contributed by atoms with van der Waals surface area (Å²) in [6, 6.07) is 17.5. The molecule has 10 atom stereocenters. The van der Waals surface area contributed by atoms with Crippen LogP contribution in [0.25, 0.3) is 0 Å². The Bertz CT molecular complexity index is 2490. The summed E-state index contributed by atoms with van der Waals surface area (Å²) in [5.41, 5.74) is 0.734. The van der Waals surface area contributed by atoms with Crippen molar-refractivity contribution in [3.8, 4) is 0 Å². The van der Waals surface area contributed by atoms with E-state index in [1.807, 2.05) is 20.8 Å². The SMILES string of the molecule is C=C1C[C@H](CCCOC(=O)C(C)(C)C)O[C@H]1CC[C@H]1C[C@@H](C)C(=C)[C@@H](C[C@@H]2O[C@H](CC(COC(=O)c3ccc([N+](=O)[O-])cc3)OC(=O)c3ccc([N+](=O)[O-])cc3)[C@H](OC)[C@H]2CS(=O)(=O)c2ccccc2)O1. The monoisotopic (exact) mass is 1000 g/mol. The fourth-order valence-corrected chi connectivity index (χ4v) is 10.9. The lowest BCUT2D eigenvalue weighted by molar-refractivity contribution is -0.385. The smallest absolute Gasteiger partial charge is 0.338 e. The van der Waals surface area contributed by atoms with Gasteiger partial charge in [0.2, 0.25) is 0 Å². The number of rotatable bonds is 22. The van der Waals surface area contributed by atoms with Crippen LogP contribution in [0.15, 0.2) is 108 Å². The molecule has 0 aromatic heterocycles. The van der Waals surface area contributed by atoms with Gasteiger partial charge in [0, 0.05) is 50.1 Å². The van der Waals surface area contributed by atoms with E-state index in [0.717, 1.165) is 41.8 Å². The van der Waals surface area contributed by atoms with Crippen LogP contribution in [-0.2, 0) is 47.8 Å². The highest BCUT2D eigenvalue weighted by molar-refractivity contribution is 7.91. The molecular formula is C52H64N2O16S. The highest BCUT2D eigenvalue weighted by Crippen LogP contribution is 2.41. The number of hydrogen-bond acceptors (Lipinski definition) is 16. The number of nitrogens with zero attached hydrogens (tertiary/aromatic N) is 2. The fourth-order valence-electron chi connectivity index (χ4n) is 9.25. The van der Waals surface area contributed by atoms with Crippen molar-refractivity contribution in [2.24, 2.45) is 17.3 Å². The molecule has 0 saturated carbocycles. The minimum atomic E-state index is -3.93. The van der Waals surface area contributed by atoms with Gasteiger partial charge in [0.25, 0.3) is 11.4 Å². The molecule has 3 fully saturated rings. The Labute approximate surface area is 414 Å². The normalized spacial score (nSPS) is 25.1. The van der Waals surface area contributed by atoms with Gasteiger partial charge in [-0.25, -0.2) is 18.0 Å². The number of nitro benzene ring substituents is 2. The van der Waals surface area contributed by atoms with E-state index in [9.17, 15) is 43.0 Å². The van der Waals surface area contributed by atoms with Gasteiger partial charge in [-0.2, -0.15) is 0 Å². The standard InChI is InChI=1S/C52H64N2O16S/c1-32-26-40(23-24-44-33(2)27-39(67-44)12-11-25-65-51(57)52(4,5)6)68-45(34(32)3)29-46-43(31-71(62,63)42-13-9-8-10-14-42)48(64-7)47(70-46)28-41(69-50(56)36-17-21-38(22-18-36)54(60)61)30-66-49(55)35-15-19-37(20-16-35)53(58)59/h8-10,13-22,32,39-41,43-48H,2-3,11-12,23-31H2,1,4-7H3/t32-,39+,40+,41?,43+,44+,45-,46+,47-,48-/m1/s1. The van der Waals surface area contributed by atoms with Crippen LogP contribution < -0.4 is 0 Å². The molecule has 0 bridgehead atoms. The van der Waals surface area contributed by atoms with Crippen molar-refractivity contribution in [1.29, 1.82) is 0 Å². The number of hydrogen-bond donors (Lipinski definition) is 0. The van der Waals surface area contributed by atoms with Crippen LogP contribution in [0.1, 0.15) is 99.8 Å². The Balaban J connectivity index is 1.18. The molecule has 0 N–H and O–H groups in total. The van der Waals surface area contributed by atoms with Crippen LogP contribution in [0.5, 0.6) is 0 Å². The van der Waals surface area contributed by atoms with Gasteiger partial charge in [-0.15, -0.1) is 0 Å². The molecule has 384 valence electrons. The van der Waals surface area contributed by atoms with Gasteiger partial charge in [-0.05, 0) is 113 Å². The summed E-state index contributed by atoms with van der Waals surface area (Å²) in [4.78, 5) is 60.4. The van der Waals surface area contributed by atoms with Gasteiger partial charge in [0.1, 0.15) is 12.7 Å². The van der Waals surface area contributed by atoms with Crippen molar-refractivity contribution >= 4 is 39.1 Å². The molecule has 3 aromatic rings. The van der Waals surface area contributed by atoms with Crippen molar-refractivity contribution in [2.45, 2.75) is 133 Å². The number of methoxy groups -OCH3 is 1. The fraction of sp³-hybridized carbons (Fsp3) is 0.519. The first kappa shape index (κ1) is 54.5. The minimum Gasteiger partial charge on any atom is -0.465 e. The zero-order chi connectivity index (χ0) is 51.6. The predicted octanol–water partition coefficient (Wildman–Crippen LogP) is 8.75. The van der Waals surface area contributed by atoms with Crippen LogP contribution in [0, 0.1) is 37.5 Å². The summed E-state index contributed by atoms with van der Waals surface area (Å²) in [5.74, 6) is -3.11. The molecule has 0 spiro atoms. The van der Waals surface area contributed by atoms with E-state index in [4.69, 9.17) is 33.2 Å². The number of sulfone groups is 1. The van der Waals surface area contributed by atoms with Crippen LogP contribution in [-0.4, -0.2) is 111 Å². The van der Waals surface area contributed by atoms with Gasteiger partial charge in [-0.1, -0.05) is 38.3 Å². The maximum Gasteiger partial charge on any atom is 0.338 e. The molecule has 18 nitrogen and oxygen atoms in total. The summed E-state index contributed by atoms with van der Waals surface area (Å²) < 4.78 is 71.2. The minimum absolute atomic E-state index is 0.00741. The maximum atomic E-state index is 14.1. The van der Waals surface area contributed by atoms with Crippen molar-refractivity contribution < 1.29 is 65.8 Å². The molecule has 1 unspecified atom stereocenters. The van der Waals surface area contributed by atoms with E-state index in [1.165, 1.54) is 43.5 Å². The average molecular weight is 1010 g/mol. The number of benzene rings is 3. The Morgan fingerprint density at radius 3 is 1.99 bits per heavy atom. The van der Waals surface area contributed by atoms with Gasteiger partial charge in [0.05, 0.1) is 86.4 Å². The van der Waals surface area contributed by atoms with Crippen LogP contribution in [0.3, 0.4) is 0 Å². The maximum absolute atomic E-state index is 14.1. The van der Waals surface area contributed by atoms with E-state index in [1.54, 1.807) is 18.2 Å². The Kier molecular flexibility index (Phi) is 18.4. The van der Waals surface area contributed by atoms with Crippen LogP contribution in [0.4, 0.5) is 11.4 Å². The van der Waals surface area contributed by atoms with Crippen LogP contribution >= 0.6 is 0 Å². The second-order valence-electron chi connectivity index (χ2n) is 19.5. The molecule has 0 aliphatic carbocycles. The second-order valence-corrected chi connectivity index (χ2v) is 21.6. The van der Waals surface area contributed by atoms with Gasteiger partial charge in [-0.3, -0.25) is 25.0 Å². The first-order valence-electron chi connectivity index (χ1n) is 23.8. The summed E-state index contributed by atoms with van der Waals surface area (Å²) in [7, 11) is -2.50. The lowest BCUT2D eigenvalue weighted by Gasteiger charge is -2.38. The molecule has 3 aliphatic rings. The zero-order valence-electron chi connectivity index (χ0n) is 40.8. The molecule has 0 radical (unpaired) electrons. The number of carbonyl (C=O) groups excluding carboxylic acids is 3. The van der Waals surface area contributed by atoms with E-state index in [-0.39, 0.29) is 76.2 Å². The van der Waals surface area contributed by atoms with E-state index in [0.29, 0.717) is 38.7 Å². The van der Waals surface area contributed by atoms with Gasteiger partial charge < -0.3 is 33.2 Å². The molecule has 71 heavy (non-hydrogen) atoms. The topological polar surface area (TPSA) is 236 Å². The van der Waals surface area contributed by atoms with Crippen molar-refractivity contribution in [3.05, 3.63) is 135 Å². The largest absolute Gasteiger partial charge is 0.465 e. The lowest BCUT2D eigenvalue weighted by Crippen LogP contribution is -2.40. The molecule has 6 rings (SSSR count). The summed E-state index contributed by atoms with van der Waals surface area (Å²) in [6.45, 7) is 16.0.